The Morgan fingerprint density at radius 3 is 2.67 bits per heavy atom. The van der Waals surface area contributed by atoms with Gasteiger partial charge in [-0.2, -0.15) is 4.52 Å². The lowest BCUT2D eigenvalue weighted by Crippen LogP contribution is -3.14. The Kier molecular flexibility index (Phi) is 4.77. The summed E-state index contributed by atoms with van der Waals surface area (Å²) < 4.78 is 6.96. The molecular formula is C17H20N5O4S+. The molecule has 0 bridgehead atoms. The minimum Gasteiger partial charge on any atom is -0.492 e. The van der Waals surface area contributed by atoms with E-state index in [2.05, 4.69) is 10.1 Å². The Bertz CT molecular complexity index is 962. The van der Waals surface area contributed by atoms with E-state index in [0.29, 0.717) is 30.4 Å². The summed E-state index contributed by atoms with van der Waals surface area (Å²) in [7, 11) is 0. The molecule has 4 rings (SSSR count). The van der Waals surface area contributed by atoms with Crippen LogP contribution in [-0.2, 0) is 11.2 Å². The first-order chi connectivity index (χ1) is 13.1. The molecule has 0 aliphatic carbocycles. The molecule has 0 spiro atoms. The standard InChI is InChI=1S/C17H19N5O4S/c1-2-13-18-17-21(19-13)16(23)15(27-17)14(20-7-9-26-10-8-20)11-3-5-12(6-4-11)22(24)25/h3-6,14,23H,2,7-10H2,1H3/p+1/t14-/m1/s1. The second kappa shape index (κ2) is 7.22. The molecule has 0 amide bonds. The fourth-order valence-corrected chi connectivity index (χ4v) is 4.57. The molecule has 9 nitrogen and oxygen atoms in total. The van der Waals surface area contributed by atoms with Gasteiger partial charge in [-0.15, -0.1) is 5.10 Å². The Labute approximate surface area is 159 Å². The van der Waals surface area contributed by atoms with E-state index in [1.54, 1.807) is 12.1 Å². The van der Waals surface area contributed by atoms with E-state index < -0.39 is 4.92 Å². The van der Waals surface area contributed by atoms with Gasteiger partial charge in [0.25, 0.3) is 5.69 Å². The zero-order valence-electron chi connectivity index (χ0n) is 14.8. The van der Waals surface area contributed by atoms with Crippen molar-refractivity contribution in [2.75, 3.05) is 26.3 Å². The van der Waals surface area contributed by atoms with Gasteiger partial charge in [0.2, 0.25) is 10.8 Å². The number of nitrogens with zero attached hydrogens (tertiary/aromatic N) is 4. The van der Waals surface area contributed by atoms with E-state index in [9.17, 15) is 15.2 Å². The van der Waals surface area contributed by atoms with Crippen LogP contribution in [0.4, 0.5) is 5.69 Å². The third-order valence-corrected chi connectivity index (χ3v) is 5.89. The third-order valence-electron chi connectivity index (χ3n) is 4.80. The topological polar surface area (TPSA) is 107 Å². The summed E-state index contributed by atoms with van der Waals surface area (Å²) in [4.78, 5) is 17.7. The lowest BCUT2D eigenvalue weighted by Gasteiger charge is -2.31. The molecule has 1 aliphatic heterocycles. The number of benzene rings is 1. The molecule has 2 N–H and O–H groups in total. The molecular weight excluding hydrogens is 370 g/mol. The molecule has 1 aliphatic rings. The molecule has 1 aromatic carbocycles. The summed E-state index contributed by atoms with van der Waals surface area (Å²) in [5, 5.41) is 26.2. The molecule has 1 atom stereocenters. The summed E-state index contributed by atoms with van der Waals surface area (Å²) in [6.45, 7) is 4.82. The summed E-state index contributed by atoms with van der Waals surface area (Å²) in [6.07, 6.45) is 0.698. The molecule has 0 saturated carbocycles. The van der Waals surface area contributed by atoms with Crippen LogP contribution in [-0.4, -0.2) is 50.9 Å². The van der Waals surface area contributed by atoms with Crippen LogP contribution in [0.3, 0.4) is 0 Å². The van der Waals surface area contributed by atoms with Gasteiger partial charge in [-0.1, -0.05) is 18.3 Å². The number of ether oxygens (including phenoxy) is 1. The smallest absolute Gasteiger partial charge is 0.269 e. The minimum absolute atomic E-state index is 0.0499. The summed E-state index contributed by atoms with van der Waals surface area (Å²) in [5.41, 5.74) is 0.960. The molecule has 142 valence electrons. The van der Waals surface area contributed by atoms with Crippen molar-refractivity contribution in [2.45, 2.75) is 19.4 Å². The zero-order valence-corrected chi connectivity index (χ0v) is 15.6. The zero-order chi connectivity index (χ0) is 19.0. The van der Waals surface area contributed by atoms with E-state index >= 15 is 0 Å². The average Bonchev–Trinajstić information content (AvgIpc) is 3.23. The first-order valence-electron chi connectivity index (χ1n) is 8.82. The number of aromatic hydroxyl groups is 1. The van der Waals surface area contributed by atoms with Gasteiger partial charge in [-0.25, -0.2) is 4.98 Å². The maximum atomic E-state index is 11.0. The van der Waals surface area contributed by atoms with Crippen molar-refractivity contribution in [3.63, 3.8) is 0 Å². The number of rotatable bonds is 5. The van der Waals surface area contributed by atoms with Crippen LogP contribution < -0.4 is 4.90 Å². The first-order valence-corrected chi connectivity index (χ1v) is 9.64. The van der Waals surface area contributed by atoms with E-state index in [-0.39, 0.29) is 17.6 Å². The fraction of sp³-hybridized carbons (Fsp3) is 0.412. The molecule has 0 unspecified atom stereocenters. The van der Waals surface area contributed by atoms with Gasteiger partial charge in [0.05, 0.1) is 18.1 Å². The second-order valence-electron chi connectivity index (χ2n) is 6.42. The largest absolute Gasteiger partial charge is 0.492 e. The number of nitrogens with one attached hydrogen (secondary N) is 1. The summed E-state index contributed by atoms with van der Waals surface area (Å²) >= 11 is 1.41. The number of hydrogen-bond donors (Lipinski definition) is 2. The van der Waals surface area contributed by atoms with Gasteiger partial charge in [-0.05, 0) is 12.1 Å². The Hall–Kier alpha value is -2.56. The van der Waals surface area contributed by atoms with E-state index in [4.69, 9.17) is 4.74 Å². The maximum Gasteiger partial charge on any atom is 0.269 e. The van der Waals surface area contributed by atoms with Crippen molar-refractivity contribution >= 4 is 22.0 Å². The highest BCUT2D eigenvalue weighted by Gasteiger charge is 2.34. The van der Waals surface area contributed by atoms with Crippen molar-refractivity contribution in [3.05, 3.63) is 50.6 Å². The van der Waals surface area contributed by atoms with Gasteiger partial charge in [-0.3, -0.25) is 10.1 Å². The fourth-order valence-electron chi connectivity index (χ4n) is 3.41. The molecule has 3 aromatic rings. The number of morpholine rings is 1. The molecule has 27 heavy (non-hydrogen) atoms. The monoisotopic (exact) mass is 390 g/mol. The molecule has 1 fully saturated rings. The highest BCUT2D eigenvalue weighted by Crippen LogP contribution is 2.35. The van der Waals surface area contributed by atoms with Gasteiger partial charge in [0, 0.05) is 24.1 Å². The number of non-ortho nitro benzene ring substituents is 1. The predicted octanol–water partition coefficient (Wildman–Crippen LogP) is 0.971. The number of fused-ring (bicyclic) bond motifs is 1. The lowest BCUT2D eigenvalue weighted by molar-refractivity contribution is -0.932. The molecule has 1 saturated heterocycles. The molecule has 3 heterocycles. The number of hydrogen-bond acceptors (Lipinski definition) is 7. The van der Waals surface area contributed by atoms with Crippen LogP contribution in [0.1, 0.15) is 29.2 Å². The van der Waals surface area contributed by atoms with E-state index in [1.807, 2.05) is 6.92 Å². The van der Waals surface area contributed by atoms with Gasteiger partial charge >= 0.3 is 0 Å². The quantitative estimate of drug-likeness (QED) is 0.497. The number of nitro benzene ring substituents is 1. The first kappa shape index (κ1) is 17.8. The van der Waals surface area contributed by atoms with Crippen molar-refractivity contribution in [2.24, 2.45) is 0 Å². The van der Waals surface area contributed by atoms with Crippen LogP contribution in [0, 0.1) is 10.1 Å². The highest BCUT2D eigenvalue weighted by molar-refractivity contribution is 7.17. The van der Waals surface area contributed by atoms with Gasteiger partial charge < -0.3 is 14.7 Å². The predicted molar refractivity (Wildman–Crippen MR) is 98.4 cm³/mol. The summed E-state index contributed by atoms with van der Waals surface area (Å²) in [6, 6.07) is 6.38. The lowest BCUT2D eigenvalue weighted by atomic mass is 10.0. The number of thiazole rings is 1. The van der Waals surface area contributed by atoms with Crippen LogP contribution in [0.25, 0.3) is 4.96 Å². The van der Waals surface area contributed by atoms with Crippen LogP contribution in [0.2, 0.25) is 0 Å². The number of quaternary nitrogens is 1. The third kappa shape index (κ3) is 3.27. The number of aryl methyl sites for hydroxylation is 1. The average molecular weight is 390 g/mol. The van der Waals surface area contributed by atoms with Crippen molar-refractivity contribution in [1.29, 1.82) is 0 Å². The highest BCUT2D eigenvalue weighted by atomic mass is 32.1. The van der Waals surface area contributed by atoms with Crippen LogP contribution in [0.5, 0.6) is 5.88 Å². The van der Waals surface area contributed by atoms with Crippen molar-refractivity contribution in [1.82, 2.24) is 14.6 Å². The Morgan fingerprint density at radius 1 is 1.37 bits per heavy atom. The van der Waals surface area contributed by atoms with Crippen molar-refractivity contribution in [3.8, 4) is 5.88 Å². The number of aromatic nitrogens is 3. The molecule has 0 radical (unpaired) electrons. The SMILES string of the molecule is CCc1nc2sc([C@@H](c3ccc([N+](=O)[O-])cc3)[NH+]3CCOCC3)c(O)n2n1. The van der Waals surface area contributed by atoms with Crippen LogP contribution >= 0.6 is 11.3 Å². The summed E-state index contributed by atoms with van der Waals surface area (Å²) in [5.74, 6) is 0.776. The van der Waals surface area contributed by atoms with E-state index in [0.717, 1.165) is 23.5 Å². The normalized spacial score (nSPS) is 16.6. The van der Waals surface area contributed by atoms with E-state index in [1.165, 1.54) is 32.9 Å². The van der Waals surface area contributed by atoms with Crippen molar-refractivity contribution < 1.29 is 19.7 Å². The van der Waals surface area contributed by atoms with Gasteiger partial charge in [0.1, 0.15) is 18.0 Å². The second-order valence-corrected chi connectivity index (χ2v) is 7.43. The Balaban J connectivity index is 1.79. The number of nitro groups is 1. The maximum absolute atomic E-state index is 11.0. The minimum atomic E-state index is -0.409. The van der Waals surface area contributed by atoms with Gasteiger partial charge in [0.15, 0.2) is 11.9 Å². The van der Waals surface area contributed by atoms with Crippen LogP contribution in [0.15, 0.2) is 24.3 Å². The Morgan fingerprint density at radius 2 is 2.07 bits per heavy atom. The molecule has 10 heteroatoms. The molecule has 2 aromatic heterocycles.